The largest absolute Gasteiger partial charge is 0.464 e. The first-order valence-electron chi connectivity index (χ1n) is 3.25. The molecule has 0 saturated heterocycles. The highest BCUT2D eigenvalue weighted by Crippen LogP contribution is 1.90. The quantitative estimate of drug-likeness (QED) is 0.384. The van der Waals surface area contributed by atoms with Crippen LogP contribution in [0.25, 0.3) is 0 Å². The number of carbonyl (C=O) groups is 1. The Balaban J connectivity index is 3.03. The van der Waals surface area contributed by atoms with Crippen LogP contribution in [0.2, 0.25) is 0 Å². The summed E-state index contributed by atoms with van der Waals surface area (Å²) in [6, 6.07) is 3.60. The fourth-order valence-electron chi connectivity index (χ4n) is 0.796. The van der Waals surface area contributed by atoms with E-state index in [9.17, 15) is 4.79 Å². The van der Waals surface area contributed by atoms with Crippen molar-refractivity contribution in [2.24, 2.45) is 0 Å². The number of nitrogens with zero attached hydrogens (tertiary/aromatic N) is 1. The van der Waals surface area contributed by atoms with Crippen molar-refractivity contribution in [3.05, 3.63) is 24.0 Å². The maximum absolute atomic E-state index is 10.9. The maximum Gasteiger partial charge on any atom is 0.356 e. The van der Waals surface area contributed by atoms with E-state index >= 15 is 0 Å². The van der Waals surface area contributed by atoms with Crippen LogP contribution in [0.5, 0.6) is 0 Å². The lowest BCUT2D eigenvalue weighted by molar-refractivity contribution is 0.0596. The number of ether oxygens (including phenoxy) is 1. The second kappa shape index (κ2) is 3.19. The van der Waals surface area contributed by atoms with Crippen LogP contribution in [0.15, 0.2) is 18.3 Å². The fourth-order valence-corrected chi connectivity index (χ4v) is 0.796. The minimum Gasteiger partial charge on any atom is -0.464 e. The monoisotopic (exact) mass is 149 g/mol. The normalized spacial score (nSPS) is 9.18. The summed E-state index contributed by atoms with van der Waals surface area (Å²) in [4.78, 5) is 14.8. The lowest BCUT2D eigenvalue weighted by Crippen LogP contribution is -2.18. The number of esters is 1. The van der Waals surface area contributed by atoms with Gasteiger partial charge in [-0.2, -0.15) is 0 Å². The highest BCUT2D eigenvalue weighted by molar-refractivity contribution is 6.35. The van der Waals surface area contributed by atoms with E-state index in [0.29, 0.717) is 5.69 Å². The SMILES string of the molecule is Bc1cccnc1C(=O)OC. The molecule has 0 amide bonds. The molecule has 11 heavy (non-hydrogen) atoms. The first-order valence-corrected chi connectivity index (χ1v) is 3.25. The summed E-state index contributed by atoms with van der Waals surface area (Å²) in [5, 5.41) is 0. The van der Waals surface area contributed by atoms with Gasteiger partial charge in [0.25, 0.3) is 0 Å². The molecule has 0 aromatic carbocycles. The van der Waals surface area contributed by atoms with E-state index in [0.717, 1.165) is 5.46 Å². The zero-order chi connectivity index (χ0) is 8.27. The van der Waals surface area contributed by atoms with Crippen molar-refractivity contribution in [1.29, 1.82) is 0 Å². The molecule has 0 saturated carbocycles. The third kappa shape index (κ3) is 1.58. The Hall–Kier alpha value is -1.32. The highest BCUT2D eigenvalue weighted by atomic mass is 16.5. The molecule has 0 fully saturated rings. The Kier molecular flexibility index (Phi) is 2.26. The second-order valence-electron chi connectivity index (χ2n) is 2.16. The average molecular weight is 149 g/mol. The van der Waals surface area contributed by atoms with Crippen molar-refractivity contribution in [3.8, 4) is 0 Å². The molecule has 0 N–H and O–H groups in total. The molecule has 4 heteroatoms. The molecule has 1 rings (SSSR count). The summed E-state index contributed by atoms with van der Waals surface area (Å²) in [6.45, 7) is 0. The molecule has 1 aromatic heterocycles. The van der Waals surface area contributed by atoms with Crippen LogP contribution in [0, 0.1) is 0 Å². The van der Waals surface area contributed by atoms with Gasteiger partial charge in [0.15, 0.2) is 0 Å². The number of carbonyl (C=O) groups excluding carboxylic acids is 1. The fraction of sp³-hybridized carbons (Fsp3) is 0.143. The zero-order valence-corrected chi connectivity index (χ0v) is 6.50. The molecular weight excluding hydrogens is 141 g/mol. The predicted octanol–water partition coefficient (Wildman–Crippen LogP) is -0.873. The van der Waals surface area contributed by atoms with E-state index in [2.05, 4.69) is 9.72 Å². The number of methoxy groups -OCH3 is 1. The van der Waals surface area contributed by atoms with Gasteiger partial charge in [0, 0.05) is 6.20 Å². The zero-order valence-electron chi connectivity index (χ0n) is 6.50. The van der Waals surface area contributed by atoms with Gasteiger partial charge in [-0.15, -0.1) is 0 Å². The minimum absolute atomic E-state index is 0.384. The van der Waals surface area contributed by atoms with E-state index in [-0.39, 0.29) is 5.97 Å². The van der Waals surface area contributed by atoms with Crippen molar-refractivity contribution < 1.29 is 9.53 Å². The summed E-state index contributed by atoms with van der Waals surface area (Å²) in [5.74, 6) is -0.386. The summed E-state index contributed by atoms with van der Waals surface area (Å²) < 4.78 is 4.52. The first-order chi connectivity index (χ1) is 5.25. The van der Waals surface area contributed by atoms with Crippen LogP contribution in [0.1, 0.15) is 10.5 Å². The van der Waals surface area contributed by atoms with Gasteiger partial charge >= 0.3 is 5.97 Å². The smallest absolute Gasteiger partial charge is 0.356 e. The molecule has 0 aliphatic carbocycles. The number of hydrogen-bond donors (Lipinski definition) is 0. The predicted molar refractivity (Wildman–Crippen MR) is 43.8 cm³/mol. The van der Waals surface area contributed by atoms with Crippen LogP contribution < -0.4 is 5.46 Å². The van der Waals surface area contributed by atoms with Gasteiger partial charge in [-0.25, -0.2) is 9.78 Å². The van der Waals surface area contributed by atoms with Crippen molar-refractivity contribution in [1.82, 2.24) is 4.98 Å². The van der Waals surface area contributed by atoms with Crippen molar-refractivity contribution >= 4 is 19.3 Å². The second-order valence-corrected chi connectivity index (χ2v) is 2.16. The maximum atomic E-state index is 10.9. The lowest BCUT2D eigenvalue weighted by Gasteiger charge is -1.99. The molecule has 0 spiro atoms. The lowest BCUT2D eigenvalue weighted by atomic mass is 9.94. The number of pyridine rings is 1. The molecule has 0 unspecified atom stereocenters. The van der Waals surface area contributed by atoms with Crippen molar-refractivity contribution in [2.75, 3.05) is 7.11 Å². The van der Waals surface area contributed by atoms with E-state index in [1.807, 2.05) is 13.9 Å². The Labute approximate surface area is 65.8 Å². The molecule has 1 aromatic rings. The van der Waals surface area contributed by atoms with Gasteiger partial charge in [0.2, 0.25) is 0 Å². The van der Waals surface area contributed by atoms with Gasteiger partial charge < -0.3 is 4.74 Å². The summed E-state index contributed by atoms with van der Waals surface area (Å²) in [7, 11) is 3.16. The molecule has 56 valence electrons. The molecule has 0 radical (unpaired) electrons. The molecule has 3 nitrogen and oxygen atoms in total. The van der Waals surface area contributed by atoms with Crippen LogP contribution in [-0.2, 0) is 4.74 Å². The van der Waals surface area contributed by atoms with Crippen LogP contribution in [0.4, 0.5) is 0 Å². The Bertz CT molecular complexity index is 275. The Morgan fingerprint density at radius 1 is 1.73 bits per heavy atom. The standard InChI is InChI=1S/C7H8BNO2/c1-11-7(10)6-5(8)3-2-4-9-6/h2-4H,8H2,1H3. The molecule has 0 atom stereocenters. The van der Waals surface area contributed by atoms with Crippen LogP contribution >= 0.6 is 0 Å². The van der Waals surface area contributed by atoms with E-state index < -0.39 is 0 Å². The number of hydrogen-bond acceptors (Lipinski definition) is 3. The molecule has 0 bridgehead atoms. The van der Waals surface area contributed by atoms with Gasteiger partial charge in [0.1, 0.15) is 13.5 Å². The molecular formula is C7H8BNO2. The first kappa shape index (κ1) is 7.79. The average Bonchev–Trinajstić information content (AvgIpc) is 2.04. The van der Waals surface area contributed by atoms with Crippen LogP contribution in [-0.4, -0.2) is 25.9 Å². The summed E-state index contributed by atoms with van der Waals surface area (Å²) >= 11 is 0. The van der Waals surface area contributed by atoms with E-state index in [1.54, 1.807) is 12.3 Å². The van der Waals surface area contributed by atoms with Crippen LogP contribution in [0.3, 0.4) is 0 Å². The Morgan fingerprint density at radius 3 is 3.00 bits per heavy atom. The van der Waals surface area contributed by atoms with Gasteiger partial charge in [0.05, 0.1) is 7.11 Å². The number of rotatable bonds is 1. The van der Waals surface area contributed by atoms with Crippen molar-refractivity contribution in [2.45, 2.75) is 0 Å². The van der Waals surface area contributed by atoms with Crippen molar-refractivity contribution in [3.63, 3.8) is 0 Å². The number of aromatic nitrogens is 1. The minimum atomic E-state index is -0.386. The third-order valence-corrected chi connectivity index (χ3v) is 1.39. The molecule has 0 aliphatic rings. The topological polar surface area (TPSA) is 39.2 Å². The highest BCUT2D eigenvalue weighted by Gasteiger charge is 2.07. The van der Waals surface area contributed by atoms with Gasteiger partial charge in [-0.05, 0) is 6.07 Å². The third-order valence-electron chi connectivity index (χ3n) is 1.39. The van der Waals surface area contributed by atoms with Gasteiger partial charge in [-0.1, -0.05) is 11.5 Å². The summed E-state index contributed by atoms with van der Waals surface area (Å²) in [5.41, 5.74) is 1.22. The molecule has 1 heterocycles. The van der Waals surface area contributed by atoms with Gasteiger partial charge in [-0.3, -0.25) is 0 Å². The van der Waals surface area contributed by atoms with E-state index in [1.165, 1.54) is 7.11 Å². The molecule has 0 aliphatic heterocycles. The Morgan fingerprint density at radius 2 is 2.45 bits per heavy atom. The van der Waals surface area contributed by atoms with E-state index in [4.69, 9.17) is 0 Å². The summed E-state index contributed by atoms with van der Waals surface area (Å²) in [6.07, 6.45) is 1.57.